The van der Waals surface area contributed by atoms with Crippen molar-refractivity contribution < 1.29 is 14.2 Å². The first-order chi connectivity index (χ1) is 9.17. The van der Waals surface area contributed by atoms with E-state index in [9.17, 15) is 0 Å². The number of nitrogen functional groups attached to an aromatic ring is 1. The highest BCUT2D eigenvalue weighted by molar-refractivity contribution is 5.48. The molecule has 0 amide bonds. The molecule has 1 aromatic carbocycles. The molecule has 0 aromatic heterocycles. The summed E-state index contributed by atoms with van der Waals surface area (Å²) in [6, 6.07) is 5.76. The molecule has 1 fully saturated rings. The lowest BCUT2D eigenvalue weighted by Gasteiger charge is -2.17. The van der Waals surface area contributed by atoms with Crippen LogP contribution < -0.4 is 10.5 Å². The summed E-state index contributed by atoms with van der Waals surface area (Å²) in [6.45, 7) is 2.54. The van der Waals surface area contributed by atoms with Crippen molar-refractivity contribution in [2.75, 3.05) is 40.2 Å². The number of nitrogens with two attached hydrogens (primary N) is 1. The van der Waals surface area contributed by atoms with Crippen molar-refractivity contribution in [1.82, 2.24) is 4.90 Å². The number of nitrogens with zero attached hydrogens (tertiary/aromatic N) is 1. The van der Waals surface area contributed by atoms with E-state index in [4.69, 9.17) is 19.9 Å². The van der Waals surface area contributed by atoms with Gasteiger partial charge in [0.15, 0.2) is 0 Å². The average Bonchev–Trinajstić information content (AvgIpc) is 2.82. The Morgan fingerprint density at radius 3 is 2.32 bits per heavy atom. The summed E-state index contributed by atoms with van der Waals surface area (Å²) in [5.41, 5.74) is 7.61. The van der Waals surface area contributed by atoms with Crippen LogP contribution in [0.15, 0.2) is 18.2 Å². The first kappa shape index (κ1) is 14.1. The van der Waals surface area contributed by atoms with Gasteiger partial charge in [-0.2, -0.15) is 0 Å². The highest BCUT2D eigenvalue weighted by atomic mass is 16.5. The maximum absolute atomic E-state index is 5.76. The van der Waals surface area contributed by atoms with Crippen LogP contribution in [0, 0.1) is 0 Å². The second kappa shape index (κ2) is 6.23. The van der Waals surface area contributed by atoms with Crippen molar-refractivity contribution in [2.45, 2.75) is 18.8 Å². The molecule has 5 heteroatoms. The molecule has 1 aliphatic heterocycles. The summed E-state index contributed by atoms with van der Waals surface area (Å²) in [5.74, 6) is 0.829. The number of benzene rings is 1. The molecule has 0 spiro atoms. The number of methoxy groups -OCH3 is 3. The zero-order chi connectivity index (χ0) is 13.8. The Bertz CT molecular complexity index is 413. The minimum Gasteiger partial charge on any atom is -0.496 e. The van der Waals surface area contributed by atoms with Crippen LogP contribution in [0.4, 0.5) is 5.69 Å². The third-order valence-corrected chi connectivity index (χ3v) is 3.60. The number of hydrogen-bond acceptors (Lipinski definition) is 5. The Hall–Kier alpha value is -1.30. The average molecular weight is 266 g/mol. The molecule has 0 aliphatic carbocycles. The molecular formula is C14H22N2O3. The van der Waals surface area contributed by atoms with Crippen LogP contribution in [0.25, 0.3) is 0 Å². The largest absolute Gasteiger partial charge is 0.496 e. The van der Waals surface area contributed by atoms with Gasteiger partial charge in [-0.25, -0.2) is 0 Å². The molecule has 2 rings (SSSR count). The number of ether oxygens (including phenoxy) is 3. The topological polar surface area (TPSA) is 57.0 Å². The van der Waals surface area contributed by atoms with Crippen molar-refractivity contribution in [3.63, 3.8) is 0 Å². The van der Waals surface area contributed by atoms with Gasteiger partial charge < -0.3 is 19.9 Å². The van der Waals surface area contributed by atoms with Gasteiger partial charge in [-0.1, -0.05) is 6.07 Å². The molecule has 1 aromatic rings. The maximum Gasteiger partial charge on any atom is 0.125 e. The lowest BCUT2D eigenvalue weighted by atomic mass is 10.1. The zero-order valence-electron chi connectivity index (χ0n) is 11.8. The highest BCUT2D eigenvalue weighted by Gasteiger charge is 2.33. The number of rotatable bonds is 5. The molecule has 5 nitrogen and oxygen atoms in total. The van der Waals surface area contributed by atoms with E-state index in [1.807, 2.05) is 18.2 Å². The highest BCUT2D eigenvalue weighted by Crippen LogP contribution is 2.25. The van der Waals surface area contributed by atoms with E-state index in [0.717, 1.165) is 30.9 Å². The van der Waals surface area contributed by atoms with Gasteiger partial charge in [0.25, 0.3) is 0 Å². The summed E-state index contributed by atoms with van der Waals surface area (Å²) in [5, 5.41) is 0. The molecule has 0 bridgehead atoms. The minimum absolute atomic E-state index is 0.129. The molecule has 2 N–H and O–H groups in total. The SMILES string of the molecule is COc1cc(N)ccc1CN1CC(OC)C(OC)C1. The van der Waals surface area contributed by atoms with E-state index >= 15 is 0 Å². The van der Waals surface area contributed by atoms with Crippen LogP contribution in [-0.4, -0.2) is 51.5 Å². The smallest absolute Gasteiger partial charge is 0.125 e. The summed E-state index contributed by atoms with van der Waals surface area (Å²) in [7, 11) is 5.12. The van der Waals surface area contributed by atoms with Gasteiger partial charge in [-0.05, 0) is 6.07 Å². The fraction of sp³-hybridized carbons (Fsp3) is 0.571. The van der Waals surface area contributed by atoms with Gasteiger partial charge in [-0.15, -0.1) is 0 Å². The third kappa shape index (κ3) is 3.18. The predicted molar refractivity (Wildman–Crippen MR) is 74.3 cm³/mol. The van der Waals surface area contributed by atoms with Crippen molar-refractivity contribution in [1.29, 1.82) is 0 Å². The van der Waals surface area contributed by atoms with E-state index < -0.39 is 0 Å². The molecule has 1 saturated heterocycles. The lowest BCUT2D eigenvalue weighted by Crippen LogP contribution is -2.27. The standard InChI is InChI=1S/C14H22N2O3/c1-17-12-6-11(15)5-4-10(12)7-16-8-13(18-2)14(9-16)19-3/h4-6,13-14H,7-9,15H2,1-3H3. The van der Waals surface area contributed by atoms with Gasteiger partial charge in [0, 0.05) is 51.2 Å². The van der Waals surface area contributed by atoms with Crippen molar-refractivity contribution >= 4 is 5.69 Å². The first-order valence-electron chi connectivity index (χ1n) is 6.38. The predicted octanol–water partition coefficient (Wildman–Crippen LogP) is 1.12. The molecular weight excluding hydrogens is 244 g/mol. The summed E-state index contributed by atoms with van der Waals surface area (Å²) >= 11 is 0. The minimum atomic E-state index is 0.129. The Balaban J connectivity index is 2.06. The number of likely N-dealkylation sites (tertiary alicyclic amines) is 1. The molecule has 0 saturated carbocycles. The molecule has 1 aliphatic rings. The number of anilines is 1. The van der Waals surface area contributed by atoms with E-state index in [1.54, 1.807) is 21.3 Å². The van der Waals surface area contributed by atoms with Gasteiger partial charge in [-0.3, -0.25) is 4.90 Å². The van der Waals surface area contributed by atoms with Crippen molar-refractivity contribution in [2.24, 2.45) is 0 Å². The lowest BCUT2D eigenvalue weighted by molar-refractivity contribution is -0.00461. The molecule has 1 heterocycles. The van der Waals surface area contributed by atoms with Crippen LogP contribution in [0.2, 0.25) is 0 Å². The number of hydrogen-bond donors (Lipinski definition) is 1. The second-order valence-electron chi connectivity index (χ2n) is 4.81. The molecule has 2 atom stereocenters. The monoisotopic (exact) mass is 266 g/mol. The van der Waals surface area contributed by atoms with E-state index in [0.29, 0.717) is 5.69 Å². The van der Waals surface area contributed by atoms with Gasteiger partial charge in [0.1, 0.15) is 5.75 Å². The first-order valence-corrected chi connectivity index (χ1v) is 6.38. The van der Waals surface area contributed by atoms with Gasteiger partial charge >= 0.3 is 0 Å². The van der Waals surface area contributed by atoms with E-state index in [1.165, 1.54) is 0 Å². The summed E-state index contributed by atoms with van der Waals surface area (Å²) < 4.78 is 16.3. The summed E-state index contributed by atoms with van der Waals surface area (Å²) in [4.78, 5) is 2.30. The molecule has 0 radical (unpaired) electrons. The normalized spacial score (nSPS) is 23.7. The third-order valence-electron chi connectivity index (χ3n) is 3.60. The van der Waals surface area contributed by atoms with Crippen molar-refractivity contribution in [3.8, 4) is 5.75 Å². The molecule has 106 valence electrons. The van der Waals surface area contributed by atoms with Crippen LogP contribution >= 0.6 is 0 Å². The van der Waals surface area contributed by atoms with E-state index in [-0.39, 0.29) is 12.2 Å². The Kier molecular flexibility index (Phi) is 4.63. The van der Waals surface area contributed by atoms with Crippen LogP contribution in [-0.2, 0) is 16.0 Å². The maximum atomic E-state index is 5.76. The Morgan fingerprint density at radius 2 is 1.79 bits per heavy atom. The van der Waals surface area contributed by atoms with Gasteiger partial charge in [0.05, 0.1) is 19.3 Å². The fourth-order valence-corrected chi connectivity index (χ4v) is 2.53. The van der Waals surface area contributed by atoms with Crippen LogP contribution in [0.1, 0.15) is 5.56 Å². The molecule has 2 unspecified atom stereocenters. The van der Waals surface area contributed by atoms with Crippen molar-refractivity contribution in [3.05, 3.63) is 23.8 Å². The second-order valence-corrected chi connectivity index (χ2v) is 4.81. The zero-order valence-corrected chi connectivity index (χ0v) is 11.8. The Labute approximate surface area is 114 Å². The van der Waals surface area contributed by atoms with Crippen LogP contribution in [0.3, 0.4) is 0 Å². The fourth-order valence-electron chi connectivity index (χ4n) is 2.53. The Morgan fingerprint density at radius 1 is 1.16 bits per heavy atom. The van der Waals surface area contributed by atoms with Gasteiger partial charge in [0.2, 0.25) is 0 Å². The van der Waals surface area contributed by atoms with E-state index in [2.05, 4.69) is 4.90 Å². The molecule has 19 heavy (non-hydrogen) atoms. The summed E-state index contributed by atoms with van der Waals surface area (Å²) in [6.07, 6.45) is 0.259. The van der Waals surface area contributed by atoms with Crippen LogP contribution in [0.5, 0.6) is 5.75 Å². The quantitative estimate of drug-likeness (QED) is 0.809.